The molecule has 0 aliphatic carbocycles. The summed E-state index contributed by atoms with van der Waals surface area (Å²) in [4.78, 5) is 0.329. The number of nitrogens with two attached hydrogens (primary N) is 1. The summed E-state index contributed by atoms with van der Waals surface area (Å²) in [5.74, 6) is 0. The summed E-state index contributed by atoms with van der Waals surface area (Å²) in [6.07, 6.45) is 1.79. The van der Waals surface area contributed by atoms with Crippen LogP contribution in [0.4, 0.5) is 5.69 Å². The second-order valence-corrected chi connectivity index (χ2v) is 7.21. The number of sulfonamides is 1. The summed E-state index contributed by atoms with van der Waals surface area (Å²) in [7, 11) is -3.49. The third-order valence-electron chi connectivity index (χ3n) is 3.07. The van der Waals surface area contributed by atoms with E-state index in [0.717, 1.165) is 12.8 Å². The van der Waals surface area contributed by atoms with Crippen LogP contribution >= 0.6 is 0 Å². The van der Waals surface area contributed by atoms with E-state index in [0.29, 0.717) is 34.9 Å². The highest BCUT2D eigenvalue weighted by molar-refractivity contribution is 7.89. The lowest BCUT2D eigenvalue weighted by Crippen LogP contribution is -2.26. The fourth-order valence-corrected chi connectivity index (χ4v) is 3.76. The number of rotatable bonds is 8. The Bertz CT molecular complexity index is 545. The summed E-state index contributed by atoms with van der Waals surface area (Å²) in [6, 6.07) is 3.36. The van der Waals surface area contributed by atoms with Crippen LogP contribution in [0.25, 0.3) is 0 Å². The normalized spacial score (nSPS) is 12.0. The average molecular weight is 314 g/mol. The van der Waals surface area contributed by atoms with Gasteiger partial charge in [-0.3, -0.25) is 0 Å². The molecular weight excluding hydrogens is 288 g/mol. The third-order valence-corrected chi connectivity index (χ3v) is 4.83. The molecule has 1 aromatic carbocycles. The van der Waals surface area contributed by atoms with E-state index in [2.05, 4.69) is 4.72 Å². The van der Waals surface area contributed by atoms with Crippen LogP contribution in [0.1, 0.15) is 37.8 Å². The van der Waals surface area contributed by atoms with Crippen LogP contribution in [0.3, 0.4) is 0 Å². The van der Waals surface area contributed by atoms with Crippen LogP contribution in [0.5, 0.6) is 0 Å². The largest absolute Gasteiger partial charge is 0.399 e. The quantitative estimate of drug-likeness (QED) is 0.570. The van der Waals surface area contributed by atoms with Gasteiger partial charge < -0.3 is 10.5 Å². The number of ether oxygens (including phenoxy) is 1. The molecule has 0 fully saturated rings. The topological polar surface area (TPSA) is 81.4 Å². The molecule has 0 aliphatic rings. The van der Waals surface area contributed by atoms with Gasteiger partial charge in [0.25, 0.3) is 0 Å². The van der Waals surface area contributed by atoms with Gasteiger partial charge in [0.2, 0.25) is 10.0 Å². The maximum Gasteiger partial charge on any atom is 0.241 e. The number of aryl methyl sites for hydroxylation is 2. The Hall–Kier alpha value is -1.11. The molecule has 3 N–H and O–H groups in total. The molecule has 6 heteroatoms. The molecule has 21 heavy (non-hydrogen) atoms. The van der Waals surface area contributed by atoms with E-state index < -0.39 is 10.0 Å². The second kappa shape index (κ2) is 7.77. The zero-order valence-corrected chi connectivity index (χ0v) is 14.1. The van der Waals surface area contributed by atoms with Gasteiger partial charge in [0, 0.05) is 18.8 Å². The van der Waals surface area contributed by atoms with E-state index in [1.54, 1.807) is 26.0 Å². The maximum atomic E-state index is 12.3. The Balaban J connectivity index is 2.59. The molecule has 0 amide bonds. The summed E-state index contributed by atoms with van der Waals surface area (Å²) in [5, 5.41) is 0. The van der Waals surface area contributed by atoms with Gasteiger partial charge >= 0.3 is 0 Å². The first-order chi connectivity index (χ1) is 9.74. The average Bonchev–Trinajstić information content (AvgIpc) is 2.31. The minimum absolute atomic E-state index is 0.210. The van der Waals surface area contributed by atoms with Crippen LogP contribution in [0.2, 0.25) is 0 Å². The summed E-state index contributed by atoms with van der Waals surface area (Å²) in [5.41, 5.74) is 7.64. The highest BCUT2D eigenvalue weighted by atomic mass is 32.2. The highest BCUT2D eigenvalue weighted by Gasteiger charge is 2.19. The number of benzene rings is 1. The van der Waals surface area contributed by atoms with Gasteiger partial charge in [0.1, 0.15) is 0 Å². The maximum absolute atomic E-state index is 12.3. The Kier molecular flexibility index (Phi) is 6.64. The van der Waals surface area contributed by atoms with Crippen LogP contribution < -0.4 is 10.5 Å². The standard InChI is InChI=1S/C15H26N2O3S/c1-11(2)20-8-6-5-7-17-21(18,19)15-12(3)9-14(16)10-13(15)4/h9-11,17H,5-8,16H2,1-4H3. The zero-order valence-electron chi connectivity index (χ0n) is 13.3. The van der Waals surface area contributed by atoms with Gasteiger partial charge in [-0.15, -0.1) is 0 Å². The van der Waals surface area contributed by atoms with Crippen LogP contribution in [-0.4, -0.2) is 27.7 Å². The van der Waals surface area contributed by atoms with Gasteiger partial charge in [0.15, 0.2) is 0 Å². The monoisotopic (exact) mass is 314 g/mol. The van der Waals surface area contributed by atoms with E-state index in [9.17, 15) is 8.42 Å². The molecule has 0 spiro atoms. The first kappa shape index (κ1) is 17.9. The SMILES string of the molecule is Cc1cc(N)cc(C)c1S(=O)(=O)NCCCCOC(C)C. The molecule has 1 rings (SSSR count). The molecule has 0 heterocycles. The number of nitrogen functional groups attached to an aromatic ring is 1. The van der Waals surface area contributed by atoms with Crippen molar-refractivity contribution in [1.29, 1.82) is 0 Å². The molecule has 0 bridgehead atoms. The molecule has 0 saturated heterocycles. The van der Waals surface area contributed by atoms with Crippen LogP contribution in [-0.2, 0) is 14.8 Å². The summed E-state index contributed by atoms with van der Waals surface area (Å²) >= 11 is 0. The molecule has 0 unspecified atom stereocenters. The molecule has 1 aromatic rings. The number of nitrogens with one attached hydrogen (secondary N) is 1. The first-order valence-electron chi connectivity index (χ1n) is 7.22. The minimum atomic E-state index is -3.49. The lowest BCUT2D eigenvalue weighted by Gasteiger charge is -2.13. The Morgan fingerprint density at radius 2 is 1.76 bits per heavy atom. The van der Waals surface area contributed by atoms with Crippen molar-refractivity contribution in [2.24, 2.45) is 0 Å². The van der Waals surface area contributed by atoms with Crippen molar-refractivity contribution < 1.29 is 13.2 Å². The van der Waals surface area contributed by atoms with Crippen molar-refractivity contribution in [3.63, 3.8) is 0 Å². The lowest BCUT2D eigenvalue weighted by atomic mass is 10.1. The fourth-order valence-electron chi connectivity index (χ4n) is 2.23. The molecule has 0 radical (unpaired) electrons. The Labute approximate surface area is 127 Å². The summed E-state index contributed by atoms with van der Waals surface area (Å²) in [6.45, 7) is 8.54. The van der Waals surface area contributed by atoms with E-state index in [4.69, 9.17) is 10.5 Å². The highest BCUT2D eigenvalue weighted by Crippen LogP contribution is 2.22. The van der Waals surface area contributed by atoms with Crippen molar-refractivity contribution in [1.82, 2.24) is 4.72 Å². The Morgan fingerprint density at radius 3 is 2.29 bits per heavy atom. The van der Waals surface area contributed by atoms with Crippen LogP contribution in [0, 0.1) is 13.8 Å². The molecular formula is C15H26N2O3S. The van der Waals surface area contributed by atoms with Crippen molar-refractivity contribution in [2.75, 3.05) is 18.9 Å². The van der Waals surface area contributed by atoms with E-state index in [1.807, 2.05) is 13.8 Å². The molecule has 0 aromatic heterocycles. The van der Waals surface area contributed by atoms with E-state index in [1.165, 1.54) is 0 Å². The lowest BCUT2D eigenvalue weighted by molar-refractivity contribution is 0.0762. The summed E-state index contributed by atoms with van der Waals surface area (Å²) < 4.78 is 32.7. The second-order valence-electron chi connectivity index (χ2n) is 5.51. The smallest absolute Gasteiger partial charge is 0.241 e. The molecule has 0 saturated carbocycles. The van der Waals surface area contributed by atoms with E-state index in [-0.39, 0.29) is 6.10 Å². The molecule has 0 aliphatic heterocycles. The predicted octanol–water partition coefficient (Wildman–Crippen LogP) is 2.37. The number of unbranched alkanes of at least 4 members (excludes halogenated alkanes) is 1. The zero-order chi connectivity index (χ0) is 16.0. The molecule has 5 nitrogen and oxygen atoms in total. The van der Waals surface area contributed by atoms with Gasteiger partial charge in [-0.05, 0) is 63.8 Å². The minimum Gasteiger partial charge on any atom is -0.399 e. The number of hydrogen-bond acceptors (Lipinski definition) is 4. The number of hydrogen-bond donors (Lipinski definition) is 2. The van der Waals surface area contributed by atoms with Crippen molar-refractivity contribution in [3.8, 4) is 0 Å². The van der Waals surface area contributed by atoms with E-state index >= 15 is 0 Å². The van der Waals surface area contributed by atoms with Gasteiger partial charge in [0.05, 0.1) is 11.0 Å². The van der Waals surface area contributed by atoms with Gasteiger partial charge in [-0.2, -0.15) is 0 Å². The number of anilines is 1. The fraction of sp³-hybridized carbons (Fsp3) is 0.600. The van der Waals surface area contributed by atoms with Crippen molar-refractivity contribution in [2.45, 2.75) is 51.5 Å². The molecule has 120 valence electrons. The Morgan fingerprint density at radius 1 is 1.19 bits per heavy atom. The predicted molar refractivity (Wildman–Crippen MR) is 85.8 cm³/mol. The van der Waals surface area contributed by atoms with Crippen molar-refractivity contribution in [3.05, 3.63) is 23.3 Å². The third kappa shape index (κ3) is 5.65. The van der Waals surface area contributed by atoms with Crippen LogP contribution in [0.15, 0.2) is 17.0 Å². The molecule has 0 atom stereocenters. The van der Waals surface area contributed by atoms with Crippen molar-refractivity contribution >= 4 is 15.7 Å². The van der Waals surface area contributed by atoms with Gasteiger partial charge in [-0.1, -0.05) is 0 Å². The first-order valence-corrected chi connectivity index (χ1v) is 8.70. The van der Waals surface area contributed by atoms with Gasteiger partial charge in [-0.25, -0.2) is 13.1 Å².